The van der Waals surface area contributed by atoms with Crippen LogP contribution in [0.25, 0.3) is 0 Å². The van der Waals surface area contributed by atoms with Gasteiger partial charge in [0.05, 0.1) is 7.11 Å². The second-order valence-corrected chi connectivity index (χ2v) is 5.30. The molecular weight excluding hydrogens is 242 g/mol. The van der Waals surface area contributed by atoms with Crippen LogP contribution >= 0.6 is 0 Å². The van der Waals surface area contributed by atoms with Crippen LogP contribution in [0.4, 0.5) is 0 Å². The van der Waals surface area contributed by atoms with Crippen LogP contribution < -0.4 is 10.1 Å². The van der Waals surface area contributed by atoms with E-state index in [1.54, 1.807) is 25.4 Å². The van der Waals surface area contributed by atoms with E-state index in [0.29, 0.717) is 17.4 Å². The number of hydrogen-bond acceptors (Lipinski definition) is 4. The Morgan fingerprint density at radius 1 is 1.47 bits per heavy atom. The Hall–Kier alpha value is -1.62. The molecule has 5 nitrogen and oxygen atoms in total. The second kappa shape index (κ2) is 5.17. The molecule has 1 amide bonds. The van der Waals surface area contributed by atoms with Gasteiger partial charge in [0, 0.05) is 24.8 Å². The Morgan fingerprint density at radius 3 is 2.89 bits per heavy atom. The molecule has 1 atom stereocenters. The summed E-state index contributed by atoms with van der Waals surface area (Å²) in [6.07, 6.45) is 3.98. The first-order valence-corrected chi connectivity index (χ1v) is 6.79. The van der Waals surface area contributed by atoms with E-state index >= 15 is 0 Å². The van der Waals surface area contributed by atoms with Gasteiger partial charge in [0.15, 0.2) is 0 Å². The number of hydrogen-bond donors (Lipinski definition) is 1. The third kappa shape index (κ3) is 2.56. The lowest BCUT2D eigenvalue weighted by atomic mass is 9.84. The third-order valence-electron chi connectivity index (χ3n) is 4.17. The number of pyridine rings is 1. The predicted octanol–water partition coefficient (Wildman–Crippen LogP) is 0.914. The van der Waals surface area contributed by atoms with Gasteiger partial charge in [0.25, 0.3) is 5.91 Å². The highest BCUT2D eigenvalue weighted by molar-refractivity contribution is 5.92. The van der Waals surface area contributed by atoms with Crippen molar-refractivity contribution in [3.63, 3.8) is 0 Å². The van der Waals surface area contributed by atoms with E-state index in [0.717, 1.165) is 6.54 Å². The third-order valence-corrected chi connectivity index (χ3v) is 4.17. The minimum Gasteiger partial charge on any atom is -0.497 e. The maximum Gasteiger partial charge on any atom is 0.270 e. The number of fused-ring (bicyclic) bond motifs is 3. The molecule has 4 rings (SSSR count). The fourth-order valence-electron chi connectivity index (χ4n) is 3.03. The maximum atomic E-state index is 12.2. The molecule has 0 spiro atoms. The molecule has 1 aromatic rings. The van der Waals surface area contributed by atoms with Crippen molar-refractivity contribution in [1.29, 1.82) is 0 Å². The monoisotopic (exact) mass is 261 g/mol. The maximum absolute atomic E-state index is 12.2. The summed E-state index contributed by atoms with van der Waals surface area (Å²) in [6.45, 7) is 3.32. The van der Waals surface area contributed by atoms with E-state index < -0.39 is 0 Å². The number of rotatable bonds is 3. The zero-order valence-electron chi connectivity index (χ0n) is 11.1. The van der Waals surface area contributed by atoms with Crippen molar-refractivity contribution in [2.75, 3.05) is 26.7 Å². The van der Waals surface area contributed by atoms with Crippen molar-refractivity contribution in [2.45, 2.75) is 18.9 Å². The van der Waals surface area contributed by atoms with Gasteiger partial charge in [-0.15, -0.1) is 0 Å². The fourth-order valence-corrected chi connectivity index (χ4v) is 3.03. The standard InChI is InChI=1S/C14H19N3O2/c1-19-11-2-5-15-12(8-11)14(18)16-13-9-17-6-3-10(13)4-7-17/h2,5,8,10,13H,3-4,6-7,9H2,1H3,(H,16,18)/t13-/m0/s1. The van der Waals surface area contributed by atoms with Gasteiger partial charge < -0.3 is 15.0 Å². The van der Waals surface area contributed by atoms with Crippen LogP contribution in [-0.2, 0) is 0 Å². The zero-order chi connectivity index (χ0) is 13.2. The number of methoxy groups -OCH3 is 1. The SMILES string of the molecule is COc1ccnc(C(=O)N[C@H]2CN3CCC2CC3)c1. The normalized spacial score (nSPS) is 29.0. The topological polar surface area (TPSA) is 54.5 Å². The van der Waals surface area contributed by atoms with E-state index in [1.165, 1.54) is 25.9 Å². The van der Waals surface area contributed by atoms with E-state index in [2.05, 4.69) is 15.2 Å². The van der Waals surface area contributed by atoms with Gasteiger partial charge in [-0.25, -0.2) is 0 Å². The molecular formula is C14H19N3O2. The Kier molecular flexibility index (Phi) is 3.38. The summed E-state index contributed by atoms with van der Waals surface area (Å²) in [4.78, 5) is 18.7. The van der Waals surface area contributed by atoms with Gasteiger partial charge in [-0.2, -0.15) is 0 Å². The summed E-state index contributed by atoms with van der Waals surface area (Å²) < 4.78 is 5.12. The van der Waals surface area contributed by atoms with Crippen molar-refractivity contribution in [1.82, 2.24) is 15.2 Å². The van der Waals surface area contributed by atoms with Crippen LogP contribution in [0.5, 0.6) is 5.75 Å². The molecule has 3 aliphatic rings. The largest absolute Gasteiger partial charge is 0.497 e. The fraction of sp³-hybridized carbons (Fsp3) is 0.571. The van der Waals surface area contributed by atoms with Crippen LogP contribution in [0.2, 0.25) is 0 Å². The van der Waals surface area contributed by atoms with Crippen molar-refractivity contribution in [3.8, 4) is 5.75 Å². The first-order valence-electron chi connectivity index (χ1n) is 6.79. The average molecular weight is 261 g/mol. The Morgan fingerprint density at radius 2 is 2.26 bits per heavy atom. The number of ether oxygens (including phenoxy) is 1. The molecule has 1 aromatic heterocycles. The molecule has 19 heavy (non-hydrogen) atoms. The molecule has 4 heterocycles. The van der Waals surface area contributed by atoms with E-state index in [-0.39, 0.29) is 11.9 Å². The summed E-state index contributed by atoms with van der Waals surface area (Å²) in [7, 11) is 1.59. The van der Waals surface area contributed by atoms with E-state index in [9.17, 15) is 4.79 Å². The highest BCUT2D eigenvalue weighted by Crippen LogP contribution is 2.27. The van der Waals surface area contributed by atoms with Gasteiger partial charge in [-0.3, -0.25) is 9.78 Å². The second-order valence-electron chi connectivity index (χ2n) is 5.30. The summed E-state index contributed by atoms with van der Waals surface area (Å²) in [5.41, 5.74) is 0.427. The summed E-state index contributed by atoms with van der Waals surface area (Å²) in [5, 5.41) is 3.12. The van der Waals surface area contributed by atoms with Gasteiger partial charge in [-0.1, -0.05) is 0 Å². The lowest BCUT2D eigenvalue weighted by molar-refractivity contribution is 0.0617. The Bertz CT molecular complexity index is 470. The molecule has 1 N–H and O–H groups in total. The highest BCUT2D eigenvalue weighted by atomic mass is 16.5. The quantitative estimate of drug-likeness (QED) is 0.879. The summed E-state index contributed by atoms with van der Waals surface area (Å²) >= 11 is 0. The van der Waals surface area contributed by atoms with E-state index in [4.69, 9.17) is 4.74 Å². The molecule has 0 aliphatic carbocycles. The summed E-state index contributed by atoms with van der Waals surface area (Å²) in [6, 6.07) is 3.69. The molecule has 3 aliphatic heterocycles. The first-order chi connectivity index (χ1) is 9.26. The van der Waals surface area contributed by atoms with E-state index in [1.807, 2.05) is 0 Å². The molecule has 5 heteroatoms. The van der Waals surface area contributed by atoms with Crippen LogP contribution in [0.1, 0.15) is 23.3 Å². The van der Waals surface area contributed by atoms with Crippen LogP contribution in [-0.4, -0.2) is 48.6 Å². The molecule has 0 saturated carbocycles. The molecule has 2 bridgehead atoms. The van der Waals surface area contributed by atoms with Gasteiger partial charge in [0.2, 0.25) is 0 Å². The predicted molar refractivity (Wildman–Crippen MR) is 71.2 cm³/mol. The highest BCUT2D eigenvalue weighted by Gasteiger charge is 2.35. The Labute approximate surface area is 113 Å². The Balaban J connectivity index is 1.67. The van der Waals surface area contributed by atoms with Crippen LogP contribution in [0.3, 0.4) is 0 Å². The molecule has 3 fully saturated rings. The number of piperidine rings is 3. The molecule has 0 radical (unpaired) electrons. The lowest BCUT2D eigenvalue weighted by Gasteiger charge is -2.44. The minimum absolute atomic E-state index is 0.0994. The number of nitrogens with one attached hydrogen (secondary N) is 1. The van der Waals surface area contributed by atoms with Gasteiger partial charge in [0.1, 0.15) is 11.4 Å². The first kappa shape index (κ1) is 12.4. The molecule has 0 aromatic carbocycles. The minimum atomic E-state index is -0.0994. The number of aromatic nitrogens is 1. The zero-order valence-corrected chi connectivity index (χ0v) is 11.1. The number of carbonyl (C=O) groups is 1. The van der Waals surface area contributed by atoms with Crippen molar-refractivity contribution < 1.29 is 9.53 Å². The van der Waals surface area contributed by atoms with Crippen LogP contribution in [0, 0.1) is 5.92 Å². The van der Waals surface area contributed by atoms with Gasteiger partial charge in [-0.05, 0) is 37.9 Å². The molecule has 3 saturated heterocycles. The average Bonchev–Trinajstić information content (AvgIpc) is 2.48. The summed E-state index contributed by atoms with van der Waals surface area (Å²) in [5.74, 6) is 1.19. The smallest absolute Gasteiger partial charge is 0.270 e. The number of carbonyl (C=O) groups excluding carboxylic acids is 1. The molecule has 102 valence electrons. The van der Waals surface area contributed by atoms with Crippen molar-refractivity contribution in [2.24, 2.45) is 5.92 Å². The van der Waals surface area contributed by atoms with Gasteiger partial charge >= 0.3 is 0 Å². The molecule has 0 unspecified atom stereocenters. The number of amides is 1. The van der Waals surface area contributed by atoms with Crippen molar-refractivity contribution in [3.05, 3.63) is 24.0 Å². The number of nitrogens with zero attached hydrogens (tertiary/aromatic N) is 2. The van der Waals surface area contributed by atoms with Crippen LogP contribution in [0.15, 0.2) is 18.3 Å². The lowest BCUT2D eigenvalue weighted by Crippen LogP contribution is -2.57. The van der Waals surface area contributed by atoms with Crippen molar-refractivity contribution >= 4 is 5.91 Å².